The number of thioether (sulfide) groups is 1. The molecule has 1 heterocycles. The van der Waals surface area contributed by atoms with Gasteiger partial charge >= 0.3 is 0 Å². The molecule has 1 N–H and O–H groups in total. The van der Waals surface area contributed by atoms with Crippen LogP contribution < -0.4 is 5.32 Å². The molecule has 2 aliphatic rings. The molecule has 3 nitrogen and oxygen atoms in total. The van der Waals surface area contributed by atoms with Gasteiger partial charge in [-0.1, -0.05) is 36.5 Å². The Balaban J connectivity index is 2.00. The van der Waals surface area contributed by atoms with Crippen molar-refractivity contribution in [3.05, 3.63) is 11.0 Å². The first-order valence-corrected chi connectivity index (χ1v) is 6.69. The predicted octanol–water partition coefficient (Wildman–Crippen LogP) is 2.22. The summed E-state index contributed by atoms with van der Waals surface area (Å²) in [6.45, 7) is 0. The van der Waals surface area contributed by atoms with E-state index in [1.807, 2.05) is 0 Å². The average Bonchev–Trinajstić information content (AvgIpc) is 2.58. The third-order valence-electron chi connectivity index (χ3n) is 3.03. The molecule has 88 valence electrons. The number of carbonyl (C=O) groups excluding carboxylic acids is 1. The lowest BCUT2D eigenvalue weighted by Gasteiger charge is -2.26. The van der Waals surface area contributed by atoms with Crippen molar-refractivity contribution in [2.24, 2.45) is 5.92 Å². The van der Waals surface area contributed by atoms with Gasteiger partial charge in [0.2, 0.25) is 0 Å². The van der Waals surface area contributed by atoms with Gasteiger partial charge in [-0.25, -0.2) is 0 Å². The maximum atomic E-state index is 11.5. The maximum Gasteiger partial charge on any atom is 0.263 e. The van der Waals surface area contributed by atoms with E-state index in [0.29, 0.717) is 16.3 Å². The summed E-state index contributed by atoms with van der Waals surface area (Å²) in [6.07, 6.45) is 6.86. The van der Waals surface area contributed by atoms with E-state index in [-0.39, 0.29) is 5.91 Å². The Morgan fingerprint density at radius 1 is 1.56 bits per heavy atom. The number of methoxy groups -OCH3 is 1. The lowest BCUT2D eigenvalue weighted by molar-refractivity contribution is -0.115. The highest BCUT2D eigenvalue weighted by molar-refractivity contribution is 8.26. The second-order valence-electron chi connectivity index (χ2n) is 4.16. The Hall–Kier alpha value is -0.390. The van der Waals surface area contributed by atoms with E-state index in [1.165, 1.54) is 18.2 Å². The van der Waals surface area contributed by atoms with Crippen molar-refractivity contribution < 1.29 is 9.53 Å². The molecule has 1 amide bonds. The van der Waals surface area contributed by atoms with E-state index in [0.717, 1.165) is 24.2 Å². The van der Waals surface area contributed by atoms with Crippen LogP contribution in [0.15, 0.2) is 11.0 Å². The van der Waals surface area contributed by atoms with Crippen LogP contribution >= 0.6 is 24.0 Å². The van der Waals surface area contributed by atoms with Gasteiger partial charge < -0.3 is 10.1 Å². The fourth-order valence-electron chi connectivity index (χ4n) is 2.20. The number of hydrogen-bond donors (Lipinski definition) is 1. The predicted molar refractivity (Wildman–Crippen MR) is 69.2 cm³/mol. The number of ether oxygens (including phenoxy) is 1. The number of amides is 1. The van der Waals surface area contributed by atoms with Crippen molar-refractivity contribution in [1.82, 2.24) is 5.32 Å². The standard InChI is InChI=1S/C11H15NO2S2/c1-14-8-4-2-3-7(5-8)6-9-10(13)12-11(15)16-9/h6-8H,2-5H2,1H3,(H,12,13,15)/b9-6-. The van der Waals surface area contributed by atoms with Crippen LogP contribution in [0.5, 0.6) is 0 Å². The molecule has 1 saturated carbocycles. The third-order valence-corrected chi connectivity index (χ3v) is 4.21. The lowest BCUT2D eigenvalue weighted by atomic mass is 9.87. The van der Waals surface area contributed by atoms with Gasteiger partial charge in [0, 0.05) is 7.11 Å². The largest absolute Gasteiger partial charge is 0.381 e. The van der Waals surface area contributed by atoms with Crippen LogP contribution in [0.4, 0.5) is 0 Å². The quantitative estimate of drug-likeness (QED) is 0.608. The van der Waals surface area contributed by atoms with Gasteiger partial charge in [-0.15, -0.1) is 0 Å². The van der Waals surface area contributed by atoms with Gasteiger partial charge in [0.15, 0.2) is 0 Å². The minimum absolute atomic E-state index is 0.0467. The van der Waals surface area contributed by atoms with E-state index in [4.69, 9.17) is 17.0 Å². The summed E-state index contributed by atoms with van der Waals surface area (Å²) in [6, 6.07) is 0. The van der Waals surface area contributed by atoms with Crippen LogP contribution in [0.2, 0.25) is 0 Å². The fraction of sp³-hybridized carbons (Fsp3) is 0.636. The minimum Gasteiger partial charge on any atom is -0.381 e. The molecule has 2 fully saturated rings. The number of nitrogens with one attached hydrogen (secondary N) is 1. The Labute approximate surface area is 105 Å². The molecule has 2 atom stereocenters. The highest BCUT2D eigenvalue weighted by atomic mass is 32.2. The van der Waals surface area contributed by atoms with Gasteiger partial charge in [-0.2, -0.15) is 0 Å². The molecule has 1 aliphatic heterocycles. The molecule has 2 unspecified atom stereocenters. The summed E-state index contributed by atoms with van der Waals surface area (Å²) in [5.74, 6) is 0.405. The molecule has 5 heteroatoms. The molecular weight excluding hydrogens is 242 g/mol. The normalized spacial score (nSPS) is 33.2. The second-order valence-corrected chi connectivity index (χ2v) is 5.88. The van der Waals surface area contributed by atoms with E-state index in [2.05, 4.69) is 11.4 Å². The van der Waals surface area contributed by atoms with Crippen molar-refractivity contribution in [1.29, 1.82) is 0 Å². The number of hydrogen-bond acceptors (Lipinski definition) is 4. The highest BCUT2D eigenvalue weighted by Gasteiger charge is 2.26. The van der Waals surface area contributed by atoms with Crippen LogP contribution in [0.25, 0.3) is 0 Å². The molecule has 0 bridgehead atoms. The van der Waals surface area contributed by atoms with E-state index >= 15 is 0 Å². The number of thiocarbonyl (C=S) groups is 1. The van der Waals surface area contributed by atoms with Gasteiger partial charge in [0.05, 0.1) is 11.0 Å². The summed E-state index contributed by atoms with van der Waals surface area (Å²) in [5, 5.41) is 2.64. The van der Waals surface area contributed by atoms with Crippen LogP contribution in [0.1, 0.15) is 25.7 Å². The third kappa shape index (κ3) is 2.84. The average molecular weight is 257 g/mol. The molecule has 0 aromatic carbocycles. The topological polar surface area (TPSA) is 38.3 Å². The van der Waals surface area contributed by atoms with Crippen molar-refractivity contribution >= 4 is 34.2 Å². The van der Waals surface area contributed by atoms with Gasteiger partial charge in [0.25, 0.3) is 5.91 Å². The van der Waals surface area contributed by atoms with Crippen molar-refractivity contribution in [3.8, 4) is 0 Å². The zero-order chi connectivity index (χ0) is 11.5. The second kappa shape index (κ2) is 5.29. The first-order chi connectivity index (χ1) is 7.69. The number of rotatable bonds is 2. The summed E-state index contributed by atoms with van der Waals surface area (Å²) in [5.41, 5.74) is 0. The number of carbonyl (C=O) groups is 1. The summed E-state index contributed by atoms with van der Waals surface area (Å²) in [4.78, 5) is 12.2. The molecule has 2 rings (SSSR count). The Morgan fingerprint density at radius 2 is 2.38 bits per heavy atom. The Bertz CT molecular complexity index is 341. The summed E-state index contributed by atoms with van der Waals surface area (Å²) in [7, 11) is 1.76. The summed E-state index contributed by atoms with van der Waals surface area (Å²) >= 11 is 6.32. The molecule has 1 saturated heterocycles. The van der Waals surface area contributed by atoms with Crippen molar-refractivity contribution in [2.75, 3.05) is 7.11 Å². The van der Waals surface area contributed by atoms with Crippen LogP contribution in [-0.2, 0) is 9.53 Å². The van der Waals surface area contributed by atoms with Crippen LogP contribution in [-0.4, -0.2) is 23.4 Å². The maximum absolute atomic E-state index is 11.5. The zero-order valence-corrected chi connectivity index (χ0v) is 10.8. The molecule has 1 aliphatic carbocycles. The molecular formula is C11H15NO2S2. The summed E-state index contributed by atoms with van der Waals surface area (Å²) < 4.78 is 5.94. The first kappa shape index (κ1) is 12.1. The van der Waals surface area contributed by atoms with E-state index in [9.17, 15) is 4.79 Å². The Morgan fingerprint density at radius 3 is 3.00 bits per heavy atom. The molecule has 0 aromatic rings. The van der Waals surface area contributed by atoms with Crippen molar-refractivity contribution in [3.63, 3.8) is 0 Å². The highest BCUT2D eigenvalue weighted by Crippen LogP contribution is 2.31. The SMILES string of the molecule is COC1CCCC(/C=C2\SC(=S)NC2=O)C1. The minimum atomic E-state index is -0.0467. The van der Waals surface area contributed by atoms with E-state index < -0.39 is 0 Å². The fourth-order valence-corrected chi connectivity index (χ4v) is 3.31. The molecule has 0 spiro atoms. The lowest BCUT2D eigenvalue weighted by Crippen LogP contribution is -2.21. The van der Waals surface area contributed by atoms with Gasteiger partial charge in [-0.05, 0) is 25.2 Å². The van der Waals surface area contributed by atoms with Gasteiger partial charge in [0.1, 0.15) is 4.32 Å². The molecule has 0 aromatic heterocycles. The smallest absolute Gasteiger partial charge is 0.263 e. The molecule has 0 radical (unpaired) electrons. The molecule has 16 heavy (non-hydrogen) atoms. The Kier molecular flexibility index (Phi) is 4.00. The number of allylic oxidation sites excluding steroid dienone is 1. The van der Waals surface area contributed by atoms with Crippen molar-refractivity contribution in [2.45, 2.75) is 31.8 Å². The zero-order valence-electron chi connectivity index (χ0n) is 9.19. The van der Waals surface area contributed by atoms with Crippen LogP contribution in [0, 0.1) is 5.92 Å². The first-order valence-electron chi connectivity index (χ1n) is 5.47. The monoisotopic (exact) mass is 257 g/mol. The van der Waals surface area contributed by atoms with Crippen LogP contribution in [0.3, 0.4) is 0 Å². The van der Waals surface area contributed by atoms with Gasteiger partial charge in [-0.3, -0.25) is 4.79 Å². The van der Waals surface area contributed by atoms with E-state index in [1.54, 1.807) is 7.11 Å².